The molecule has 0 aliphatic heterocycles. The maximum atomic E-state index is 13.2. The number of para-hydroxylation sites is 1. The van der Waals surface area contributed by atoms with Crippen LogP contribution in [0, 0.1) is 20.8 Å². The van der Waals surface area contributed by atoms with Crippen LogP contribution in [0.3, 0.4) is 0 Å². The van der Waals surface area contributed by atoms with Crippen molar-refractivity contribution in [3.8, 4) is 0 Å². The van der Waals surface area contributed by atoms with E-state index in [1.165, 1.54) is 23.5 Å². The Bertz CT molecular complexity index is 1220. The maximum absolute atomic E-state index is 13.2. The third-order valence-electron chi connectivity index (χ3n) is 5.45. The molecule has 0 spiro atoms. The molecule has 31 heavy (non-hydrogen) atoms. The fourth-order valence-electron chi connectivity index (χ4n) is 3.67. The standard InChI is InChI=1S/C25H28N2O3S/c1-17-13-14-23(19(3)15-17)20(4)26-25(28)21-10-8-11-22(16-21)31(29,30)27(5)24-12-7-6-9-18(24)2/h6-16,20H,1-5H3,(H,26,28)/t20-/m0/s1. The van der Waals surface area contributed by atoms with Gasteiger partial charge in [0.1, 0.15) is 0 Å². The Labute approximate surface area is 184 Å². The quantitative estimate of drug-likeness (QED) is 0.596. The minimum atomic E-state index is -3.81. The van der Waals surface area contributed by atoms with E-state index >= 15 is 0 Å². The number of carbonyl (C=O) groups excluding carboxylic acids is 1. The molecule has 1 N–H and O–H groups in total. The van der Waals surface area contributed by atoms with E-state index in [-0.39, 0.29) is 16.8 Å². The van der Waals surface area contributed by atoms with Gasteiger partial charge in [0.25, 0.3) is 15.9 Å². The van der Waals surface area contributed by atoms with E-state index in [9.17, 15) is 13.2 Å². The summed E-state index contributed by atoms with van der Waals surface area (Å²) in [6, 6.07) is 19.3. The van der Waals surface area contributed by atoms with Crippen LogP contribution < -0.4 is 9.62 Å². The summed E-state index contributed by atoms with van der Waals surface area (Å²) >= 11 is 0. The van der Waals surface area contributed by atoms with Gasteiger partial charge in [-0.3, -0.25) is 9.10 Å². The first-order chi connectivity index (χ1) is 14.6. The highest BCUT2D eigenvalue weighted by Gasteiger charge is 2.24. The second kappa shape index (κ2) is 8.94. The third-order valence-corrected chi connectivity index (χ3v) is 7.22. The Morgan fingerprint density at radius 1 is 0.903 bits per heavy atom. The molecule has 6 heteroatoms. The summed E-state index contributed by atoms with van der Waals surface area (Å²) in [5, 5.41) is 2.97. The Morgan fingerprint density at radius 3 is 2.29 bits per heavy atom. The van der Waals surface area contributed by atoms with E-state index < -0.39 is 10.0 Å². The molecule has 0 bridgehead atoms. The van der Waals surface area contributed by atoms with Gasteiger partial charge in [-0.05, 0) is 68.7 Å². The number of sulfonamides is 1. The maximum Gasteiger partial charge on any atom is 0.264 e. The van der Waals surface area contributed by atoms with Crippen LogP contribution in [0.15, 0.2) is 71.6 Å². The summed E-state index contributed by atoms with van der Waals surface area (Å²) in [5.41, 5.74) is 5.04. The van der Waals surface area contributed by atoms with Crippen LogP contribution in [0.5, 0.6) is 0 Å². The van der Waals surface area contributed by atoms with Crippen molar-refractivity contribution in [2.24, 2.45) is 0 Å². The topological polar surface area (TPSA) is 66.5 Å². The normalized spacial score (nSPS) is 12.3. The first-order valence-electron chi connectivity index (χ1n) is 10.1. The Morgan fingerprint density at radius 2 is 1.61 bits per heavy atom. The smallest absolute Gasteiger partial charge is 0.264 e. The summed E-state index contributed by atoms with van der Waals surface area (Å²) in [6.07, 6.45) is 0. The zero-order valence-corrected chi connectivity index (χ0v) is 19.3. The van der Waals surface area contributed by atoms with Gasteiger partial charge in [-0.15, -0.1) is 0 Å². The van der Waals surface area contributed by atoms with Crippen molar-refractivity contribution in [2.45, 2.75) is 38.6 Å². The third kappa shape index (κ3) is 4.80. The van der Waals surface area contributed by atoms with Crippen molar-refractivity contribution in [1.29, 1.82) is 0 Å². The van der Waals surface area contributed by atoms with Crippen LogP contribution in [0.2, 0.25) is 0 Å². The summed E-state index contributed by atoms with van der Waals surface area (Å²) in [7, 11) is -2.29. The fourth-order valence-corrected chi connectivity index (χ4v) is 4.98. The number of anilines is 1. The van der Waals surface area contributed by atoms with E-state index in [1.807, 2.05) is 52.0 Å². The molecule has 0 radical (unpaired) electrons. The number of nitrogens with zero attached hydrogens (tertiary/aromatic N) is 1. The second-order valence-electron chi connectivity index (χ2n) is 7.84. The highest BCUT2D eigenvalue weighted by molar-refractivity contribution is 7.92. The Kier molecular flexibility index (Phi) is 6.51. The highest BCUT2D eigenvalue weighted by atomic mass is 32.2. The molecule has 0 aromatic heterocycles. The molecule has 0 aliphatic carbocycles. The van der Waals surface area contributed by atoms with Crippen LogP contribution in [0.4, 0.5) is 5.69 Å². The summed E-state index contributed by atoms with van der Waals surface area (Å²) in [4.78, 5) is 12.9. The van der Waals surface area contributed by atoms with Gasteiger partial charge >= 0.3 is 0 Å². The predicted molar refractivity (Wildman–Crippen MR) is 125 cm³/mol. The number of amides is 1. The van der Waals surface area contributed by atoms with Gasteiger partial charge in [0, 0.05) is 12.6 Å². The van der Waals surface area contributed by atoms with Gasteiger partial charge in [0.2, 0.25) is 0 Å². The Hall–Kier alpha value is -3.12. The zero-order valence-electron chi connectivity index (χ0n) is 18.5. The molecule has 3 aromatic rings. The average molecular weight is 437 g/mol. The van der Waals surface area contributed by atoms with Crippen molar-refractivity contribution in [3.05, 3.63) is 94.5 Å². The summed E-state index contributed by atoms with van der Waals surface area (Å²) in [5.74, 6) is -0.317. The largest absolute Gasteiger partial charge is 0.346 e. The lowest BCUT2D eigenvalue weighted by molar-refractivity contribution is 0.0939. The molecule has 1 amide bonds. The number of aryl methyl sites for hydroxylation is 3. The number of carbonyl (C=O) groups is 1. The monoisotopic (exact) mass is 436 g/mol. The molecule has 0 aliphatic rings. The van der Waals surface area contributed by atoms with Crippen molar-refractivity contribution < 1.29 is 13.2 Å². The lowest BCUT2D eigenvalue weighted by atomic mass is 10.00. The number of benzene rings is 3. The average Bonchev–Trinajstić information content (AvgIpc) is 2.73. The van der Waals surface area contributed by atoms with Crippen LogP contribution in [0.25, 0.3) is 0 Å². The fraction of sp³-hybridized carbons (Fsp3) is 0.240. The molecule has 0 heterocycles. The van der Waals surface area contributed by atoms with E-state index in [0.29, 0.717) is 11.3 Å². The summed E-state index contributed by atoms with van der Waals surface area (Å²) < 4.78 is 27.6. The number of hydrogen-bond acceptors (Lipinski definition) is 3. The lowest BCUT2D eigenvalue weighted by Gasteiger charge is -2.22. The molecule has 0 unspecified atom stereocenters. The Balaban J connectivity index is 1.85. The highest BCUT2D eigenvalue weighted by Crippen LogP contribution is 2.26. The van der Waals surface area contributed by atoms with E-state index in [0.717, 1.165) is 22.3 Å². The van der Waals surface area contributed by atoms with Crippen molar-refractivity contribution in [2.75, 3.05) is 11.4 Å². The van der Waals surface area contributed by atoms with Crippen molar-refractivity contribution >= 4 is 21.6 Å². The van der Waals surface area contributed by atoms with E-state index in [2.05, 4.69) is 11.4 Å². The van der Waals surface area contributed by atoms with Crippen molar-refractivity contribution in [3.63, 3.8) is 0 Å². The molecular formula is C25H28N2O3S. The minimum Gasteiger partial charge on any atom is -0.346 e. The molecule has 3 aromatic carbocycles. The van der Waals surface area contributed by atoms with Gasteiger partial charge in [0.15, 0.2) is 0 Å². The molecule has 5 nitrogen and oxygen atoms in total. The van der Waals surface area contributed by atoms with E-state index in [1.54, 1.807) is 24.3 Å². The molecule has 162 valence electrons. The van der Waals surface area contributed by atoms with Gasteiger partial charge in [-0.25, -0.2) is 8.42 Å². The van der Waals surface area contributed by atoms with Gasteiger partial charge in [-0.2, -0.15) is 0 Å². The van der Waals surface area contributed by atoms with Crippen LogP contribution in [-0.2, 0) is 10.0 Å². The number of rotatable bonds is 6. The first-order valence-corrected chi connectivity index (χ1v) is 11.6. The minimum absolute atomic E-state index is 0.0741. The number of hydrogen-bond donors (Lipinski definition) is 1. The molecule has 3 rings (SSSR count). The van der Waals surface area contributed by atoms with Crippen LogP contribution in [-0.4, -0.2) is 21.4 Å². The number of nitrogens with one attached hydrogen (secondary N) is 1. The lowest BCUT2D eigenvalue weighted by Crippen LogP contribution is -2.29. The molecule has 0 saturated carbocycles. The van der Waals surface area contributed by atoms with E-state index in [4.69, 9.17) is 0 Å². The zero-order chi connectivity index (χ0) is 22.8. The predicted octanol–water partition coefficient (Wildman–Crippen LogP) is 4.93. The molecular weight excluding hydrogens is 408 g/mol. The molecule has 0 fully saturated rings. The SMILES string of the molecule is Cc1ccc([C@H](C)NC(=O)c2cccc(S(=O)(=O)N(C)c3ccccc3C)c2)c(C)c1. The van der Waals surface area contributed by atoms with Gasteiger partial charge < -0.3 is 5.32 Å². The summed E-state index contributed by atoms with van der Waals surface area (Å²) in [6.45, 7) is 7.82. The van der Waals surface area contributed by atoms with Gasteiger partial charge in [-0.1, -0.05) is 48.0 Å². The molecule has 0 saturated heterocycles. The van der Waals surface area contributed by atoms with Gasteiger partial charge in [0.05, 0.1) is 16.6 Å². The van der Waals surface area contributed by atoms with Crippen LogP contribution >= 0.6 is 0 Å². The molecule has 1 atom stereocenters. The van der Waals surface area contributed by atoms with Crippen LogP contribution in [0.1, 0.15) is 45.6 Å². The second-order valence-corrected chi connectivity index (χ2v) is 9.81. The van der Waals surface area contributed by atoms with Crippen molar-refractivity contribution in [1.82, 2.24) is 5.32 Å². The first kappa shape index (κ1) is 22.6.